The largest absolute Gasteiger partial charge is 0.393 e. The second-order valence-corrected chi connectivity index (χ2v) is 6.92. The molecular weight excluding hydrogens is 316 g/mol. The predicted octanol–water partition coefficient (Wildman–Crippen LogP) is 2.21. The van der Waals surface area contributed by atoms with E-state index in [1.807, 2.05) is 25.1 Å². The van der Waals surface area contributed by atoms with Crippen LogP contribution in [0.5, 0.6) is 0 Å². The minimum atomic E-state index is -0.290. The Hall–Kier alpha value is -2.05. The highest BCUT2D eigenvalue weighted by Gasteiger charge is 2.38. The number of aliphatic hydroxyl groups is 1. The first-order valence-electron chi connectivity index (χ1n) is 9.01. The average Bonchev–Trinajstić information content (AvgIpc) is 3.12. The van der Waals surface area contributed by atoms with Crippen LogP contribution in [0.25, 0.3) is 11.4 Å². The van der Waals surface area contributed by atoms with Crippen molar-refractivity contribution in [3.05, 3.63) is 36.3 Å². The molecule has 2 aliphatic rings. The van der Waals surface area contributed by atoms with Gasteiger partial charge in [0.15, 0.2) is 5.82 Å². The van der Waals surface area contributed by atoms with Gasteiger partial charge in [0.1, 0.15) is 5.82 Å². The standard InChI is InChI=1S/C19H24N4O2/c1-13-11-18(22-19(21-13)14-4-7-20-8-5-14)23-9-2-3-16(23)15-12-25-10-6-17(15)24/h4-5,7-8,11,15-17,24H,2-3,6,9-10,12H2,1H3/t15-,16+,17-/m0/s1. The second-order valence-electron chi connectivity index (χ2n) is 6.92. The van der Waals surface area contributed by atoms with Gasteiger partial charge in [0.2, 0.25) is 0 Å². The van der Waals surface area contributed by atoms with E-state index in [1.54, 1.807) is 12.4 Å². The number of aliphatic hydroxyl groups excluding tert-OH is 1. The molecule has 1 N–H and O–H groups in total. The maximum Gasteiger partial charge on any atom is 0.161 e. The number of aryl methyl sites for hydroxylation is 1. The van der Waals surface area contributed by atoms with Gasteiger partial charge < -0.3 is 14.7 Å². The van der Waals surface area contributed by atoms with E-state index < -0.39 is 0 Å². The van der Waals surface area contributed by atoms with Crippen LogP contribution in [-0.2, 0) is 4.74 Å². The molecule has 2 saturated heterocycles. The molecule has 2 aromatic heterocycles. The monoisotopic (exact) mass is 340 g/mol. The summed E-state index contributed by atoms with van der Waals surface area (Å²) in [6.45, 7) is 4.24. The Morgan fingerprint density at radius 2 is 2.04 bits per heavy atom. The zero-order chi connectivity index (χ0) is 17.2. The first-order chi connectivity index (χ1) is 12.2. The highest BCUT2D eigenvalue weighted by molar-refractivity contribution is 5.57. The third kappa shape index (κ3) is 3.37. The zero-order valence-corrected chi connectivity index (χ0v) is 14.5. The van der Waals surface area contributed by atoms with Gasteiger partial charge in [-0.1, -0.05) is 0 Å². The molecule has 6 nitrogen and oxygen atoms in total. The van der Waals surface area contributed by atoms with Crippen molar-refractivity contribution >= 4 is 5.82 Å². The molecule has 6 heteroatoms. The Labute approximate surface area is 147 Å². The van der Waals surface area contributed by atoms with Gasteiger partial charge in [0.05, 0.1) is 12.7 Å². The third-order valence-corrected chi connectivity index (χ3v) is 5.23. The average molecular weight is 340 g/mol. The van der Waals surface area contributed by atoms with Crippen LogP contribution in [-0.4, -0.2) is 52.0 Å². The normalized spacial score (nSPS) is 26.8. The summed E-state index contributed by atoms with van der Waals surface area (Å²) >= 11 is 0. The third-order valence-electron chi connectivity index (χ3n) is 5.23. The molecule has 0 aromatic carbocycles. The van der Waals surface area contributed by atoms with Crippen molar-refractivity contribution in [3.8, 4) is 11.4 Å². The van der Waals surface area contributed by atoms with Crippen molar-refractivity contribution < 1.29 is 9.84 Å². The molecule has 3 atom stereocenters. The molecule has 0 amide bonds. The van der Waals surface area contributed by atoms with E-state index in [0.717, 1.165) is 48.7 Å². The van der Waals surface area contributed by atoms with E-state index in [0.29, 0.717) is 13.2 Å². The summed E-state index contributed by atoms with van der Waals surface area (Å²) in [4.78, 5) is 15.8. The lowest BCUT2D eigenvalue weighted by molar-refractivity contribution is -0.0438. The van der Waals surface area contributed by atoms with E-state index in [1.165, 1.54) is 0 Å². The van der Waals surface area contributed by atoms with Crippen LogP contribution >= 0.6 is 0 Å². The van der Waals surface area contributed by atoms with Crippen molar-refractivity contribution in [2.24, 2.45) is 5.92 Å². The molecule has 0 radical (unpaired) electrons. The lowest BCUT2D eigenvalue weighted by Gasteiger charge is -2.37. The van der Waals surface area contributed by atoms with Crippen molar-refractivity contribution in [2.45, 2.75) is 38.3 Å². The van der Waals surface area contributed by atoms with Gasteiger partial charge in [-0.25, -0.2) is 9.97 Å². The second kappa shape index (κ2) is 7.06. The van der Waals surface area contributed by atoms with Crippen molar-refractivity contribution in [1.82, 2.24) is 15.0 Å². The fraction of sp³-hybridized carbons (Fsp3) is 0.526. The summed E-state index contributed by atoms with van der Waals surface area (Å²) < 4.78 is 5.64. The number of ether oxygens (including phenoxy) is 1. The minimum absolute atomic E-state index is 0.149. The molecular formula is C19H24N4O2. The number of hydrogen-bond acceptors (Lipinski definition) is 6. The number of hydrogen-bond donors (Lipinski definition) is 1. The maximum atomic E-state index is 10.4. The van der Waals surface area contributed by atoms with Gasteiger partial charge >= 0.3 is 0 Å². The van der Waals surface area contributed by atoms with Crippen molar-refractivity contribution in [2.75, 3.05) is 24.7 Å². The summed E-state index contributed by atoms with van der Waals surface area (Å²) in [5.41, 5.74) is 1.92. The molecule has 0 saturated carbocycles. The predicted molar refractivity (Wildman–Crippen MR) is 95.3 cm³/mol. The lowest BCUT2D eigenvalue weighted by Crippen LogP contribution is -2.46. The van der Waals surface area contributed by atoms with Gasteiger partial charge in [0.25, 0.3) is 0 Å². The maximum absolute atomic E-state index is 10.4. The Bertz CT molecular complexity index is 725. The van der Waals surface area contributed by atoms with Crippen LogP contribution in [0, 0.1) is 12.8 Å². The summed E-state index contributed by atoms with van der Waals surface area (Å²) in [7, 11) is 0. The molecule has 0 aliphatic carbocycles. The van der Waals surface area contributed by atoms with E-state index in [9.17, 15) is 5.11 Å². The van der Waals surface area contributed by atoms with E-state index in [4.69, 9.17) is 9.72 Å². The highest BCUT2D eigenvalue weighted by Crippen LogP contribution is 2.33. The number of rotatable bonds is 3. The highest BCUT2D eigenvalue weighted by atomic mass is 16.5. The summed E-state index contributed by atoms with van der Waals surface area (Å²) in [5, 5.41) is 10.4. The molecule has 4 rings (SSSR count). The fourth-order valence-electron chi connectivity index (χ4n) is 3.97. The van der Waals surface area contributed by atoms with Gasteiger partial charge in [-0.05, 0) is 38.3 Å². The summed E-state index contributed by atoms with van der Waals surface area (Å²) in [6, 6.07) is 6.17. The SMILES string of the molecule is Cc1cc(N2CCC[C@@H]2[C@@H]2COCC[C@@H]2O)nc(-c2ccncc2)n1. The van der Waals surface area contributed by atoms with Crippen molar-refractivity contribution in [3.63, 3.8) is 0 Å². The fourth-order valence-corrected chi connectivity index (χ4v) is 3.97. The molecule has 132 valence electrons. The van der Waals surface area contributed by atoms with Crippen LogP contribution in [0.15, 0.2) is 30.6 Å². The summed E-state index contributed by atoms with van der Waals surface area (Å²) in [6.07, 6.45) is 6.13. The number of nitrogens with zero attached hydrogens (tertiary/aromatic N) is 4. The zero-order valence-electron chi connectivity index (χ0n) is 14.5. The van der Waals surface area contributed by atoms with Crippen LogP contribution in [0.2, 0.25) is 0 Å². The van der Waals surface area contributed by atoms with Crippen LogP contribution in [0.1, 0.15) is 25.0 Å². The van der Waals surface area contributed by atoms with Gasteiger partial charge in [0, 0.05) is 54.8 Å². The van der Waals surface area contributed by atoms with E-state index >= 15 is 0 Å². The van der Waals surface area contributed by atoms with Gasteiger partial charge in [-0.2, -0.15) is 0 Å². The first-order valence-corrected chi connectivity index (χ1v) is 9.01. The van der Waals surface area contributed by atoms with E-state index in [-0.39, 0.29) is 18.1 Å². The minimum Gasteiger partial charge on any atom is -0.393 e. The Morgan fingerprint density at radius 1 is 1.20 bits per heavy atom. The Balaban J connectivity index is 1.65. The van der Waals surface area contributed by atoms with Gasteiger partial charge in [-0.3, -0.25) is 4.98 Å². The molecule has 0 unspecified atom stereocenters. The molecule has 0 spiro atoms. The summed E-state index contributed by atoms with van der Waals surface area (Å²) in [5.74, 6) is 1.82. The molecule has 2 aliphatic heterocycles. The van der Waals surface area contributed by atoms with Gasteiger partial charge in [-0.15, -0.1) is 0 Å². The molecule has 25 heavy (non-hydrogen) atoms. The first kappa shape index (κ1) is 16.4. The van der Waals surface area contributed by atoms with Crippen LogP contribution < -0.4 is 4.90 Å². The molecule has 0 bridgehead atoms. The number of anilines is 1. The lowest BCUT2D eigenvalue weighted by atomic mass is 9.89. The number of pyridine rings is 1. The van der Waals surface area contributed by atoms with Crippen molar-refractivity contribution in [1.29, 1.82) is 0 Å². The Morgan fingerprint density at radius 3 is 2.84 bits per heavy atom. The van der Waals surface area contributed by atoms with Crippen LogP contribution in [0.4, 0.5) is 5.82 Å². The Kier molecular flexibility index (Phi) is 4.63. The topological polar surface area (TPSA) is 71.4 Å². The molecule has 2 aromatic rings. The quantitative estimate of drug-likeness (QED) is 0.924. The molecule has 4 heterocycles. The van der Waals surface area contributed by atoms with E-state index in [2.05, 4.69) is 14.9 Å². The molecule has 2 fully saturated rings. The smallest absolute Gasteiger partial charge is 0.161 e. The number of aromatic nitrogens is 3. The van der Waals surface area contributed by atoms with Crippen LogP contribution in [0.3, 0.4) is 0 Å².